The number of hydrogen-bond donors (Lipinski definition) is 3. The van der Waals surface area contributed by atoms with E-state index in [1.54, 1.807) is 6.92 Å². The first kappa shape index (κ1) is 24.6. The number of nitrogens with zero attached hydrogens (tertiary/aromatic N) is 1. The van der Waals surface area contributed by atoms with Gasteiger partial charge in [-0.3, -0.25) is 4.90 Å². The van der Waals surface area contributed by atoms with Crippen LogP contribution in [0.15, 0.2) is 11.6 Å². The molecule has 0 aliphatic carbocycles. The van der Waals surface area contributed by atoms with Crippen LogP contribution in [-0.4, -0.2) is 93.4 Å². The van der Waals surface area contributed by atoms with Gasteiger partial charge in [0.25, 0.3) is 0 Å². The summed E-state index contributed by atoms with van der Waals surface area (Å²) in [7, 11) is 0. The van der Waals surface area contributed by atoms with Crippen LogP contribution in [0.4, 0.5) is 0 Å². The summed E-state index contributed by atoms with van der Waals surface area (Å²) in [6, 6.07) is -0.355. The van der Waals surface area contributed by atoms with Crippen molar-refractivity contribution in [2.24, 2.45) is 5.92 Å². The van der Waals surface area contributed by atoms with E-state index in [-0.39, 0.29) is 25.5 Å². The Morgan fingerprint density at radius 1 is 1.19 bits per heavy atom. The Balaban J connectivity index is 2.02. The quantitative estimate of drug-likeness (QED) is 0.294. The molecule has 32 heavy (non-hydrogen) atoms. The molecule has 3 aliphatic rings. The Morgan fingerprint density at radius 2 is 1.88 bits per heavy atom. The van der Waals surface area contributed by atoms with Crippen molar-refractivity contribution < 1.29 is 43.9 Å². The lowest BCUT2D eigenvalue weighted by molar-refractivity contribution is -0.212. The number of hydrogen-bond acceptors (Lipinski definition) is 10. The molecule has 0 saturated carbocycles. The molecule has 10 heteroatoms. The first-order chi connectivity index (χ1) is 15.0. The number of carbonyl (C=O) groups excluding carboxylic acids is 3. The molecule has 2 saturated heterocycles. The van der Waals surface area contributed by atoms with E-state index >= 15 is 0 Å². The van der Waals surface area contributed by atoms with Gasteiger partial charge in [0, 0.05) is 13.1 Å². The van der Waals surface area contributed by atoms with Crippen LogP contribution in [0.25, 0.3) is 0 Å². The molecule has 3 heterocycles. The predicted molar refractivity (Wildman–Crippen MR) is 110 cm³/mol. The van der Waals surface area contributed by atoms with Crippen molar-refractivity contribution in [1.29, 1.82) is 0 Å². The van der Waals surface area contributed by atoms with E-state index in [1.165, 1.54) is 20.8 Å². The molecule has 1 unspecified atom stereocenters. The maximum Gasteiger partial charge on any atom is 0.342 e. The first-order valence-electron chi connectivity index (χ1n) is 11.1. The highest BCUT2D eigenvalue weighted by Crippen LogP contribution is 2.35. The highest BCUT2D eigenvalue weighted by molar-refractivity contribution is 5.90. The zero-order valence-electron chi connectivity index (χ0n) is 18.9. The molecule has 7 atom stereocenters. The van der Waals surface area contributed by atoms with E-state index in [9.17, 15) is 29.7 Å². The summed E-state index contributed by atoms with van der Waals surface area (Å²) < 4.78 is 16.1. The standard InChI is InChI=1S/C22H33NO9/c1-5-12(3)22(29)17(24)18(25)31-13(4)21(28,6-2)19(26)30-11-14-7-9-23-10-8-15(16(14)23)32-20(22)27/h7,12-13,15-17,24,28-29H,5-6,8-11H2,1-4H3/t12?,13-,15-,16-,17+,21+,22-/m1/s1. The average Bonchev–Trinajstić information content (AvgIpc) is 3.37. The molecule has 0 aromatic rings. The van der Waals surface area contributed by atoms with Crippen molar-refractivity contribution in [2.75, 3.05) is 19.7 Å². The van der Waals surface area contributed by atoms with Crippen LogP contribution in [0, 0.1) is 5.92 Å². The van der Waals surface area contributed by atoms with Gasteiger partial charge in [-0.05, 0) is 31.3 Å². The number of esters is 3. The van der Waals surface area contributed by atoms with E-state index in [2.05, 4.69) is 4.90 Å². The van der Waals surface area contributed by atoms with Crippen molar-refractivity contribution in [3.05, 3.63) is 11.6 Å². The van der Waals surface area contributed by atoms with Gasteiger partial charge >= 0.3 is 17.9 Å². The molecule has 3 aliphatic heterocycles. The Kier molecular flexibility index (Phi) is 6.99. The number of aliphatic hydroxyl groups is 3. The molecule has 2 fully saturated rings. The fourth-order valence-corrected chi connectivity index (χ4v) is 4.64. The van der Waals surface area contributed by atoms with Crippen LogP contribution in [0.2, 0.25) is 0 Å². The van der Waals surface area contributed by atoms with E-state index in [4.69, 9.17) is 14.2 Å². The summed E-state index contributed by atoms with van der Waals surface area (Å²) in [4.78, 5) is 40.6. The Morgan fingerprint density at radius 3 is 2.50 bits per heavy atom. The molecule has 0 bridgehead atoms. The molecule has 0 radical (unpaired) electrons. The fraction of sp³-hybridized carbons (Fsp3) is 0.773. The zero-order chi connectivity index (χ0) is 23.8. The number of carbonyl (C=O) groups is 3. The van der Waals surface area contributed by atoms with Gasteiger partial charge in [0.05, 0.1) is 6.04 Å². The third-order valence-electron chi connectivity index (χ3n) is 7.23. The smallest absolute Gasteiger partial charge is 0.342 e. The predicted octanol–water partition coefficient (Wildman–Crippen LogP) is -0.320. The lowest BCUT2D eigenvalue weighted by Crippen LogP contribution is -2.61. The van der Waals surface area contributed by atoms with Crippen LogP contribution >= 0.6 is 0 Å². The van der Waals surface area contributed by atoms with Gasteiger partial charge in [-0.2, -0.15) is 0 Å². The van der Waals surface area contributed by atoms with Gasteiger partial charge in [0.1, 0.15) is 18.8 Å². The van der Waals surface area contributed by atoms with Crippen LogP contribution in [0.3, 0.4) is 0 Å². The first-order valence-corrected chi connectivity index (χ1v) is 11.1. The van der Waals surface area contributed by atoms with Crippen molar-refractivity contribution in [2.45, 2.75) is 82.5 Å². The van der Waals surface area contributed by atoms with Crippen LogP contribution in [0.1, 0.15) is 47.0 Å². The second-order valence-corrected chi connectivity index (χ2v) is 8.92. The van der Waals surface area contributed by atoms with Crippen LogP contribution < -0.4 is 0 Å². The van der Waals surface area contributed by atoms with E-state index in [1.807, 2.05) is 6.08 Å². The highest BCUT2D eigenvalue weighted by atomic mass is 16.6. The second-order valence-electron chi connectivity index (χ2n) is 8.92. The van der Waals surface area contributed by atoms with E-state index in [0.717, 1.165) is 5.57 Å². The molecule has 0 aromatic carbocycles. The Bertz CT molecular complexity index is 798. The van der Waals surface area contributed by atoms with Gasteiger partial charge in [0.2, 0.25) is 5.60 Å². The summed E-state index contributed by atoms with van der Waals surface area (Å²) in [6.07, 6.45) is -1.82. The van der Waals surface area contributed by atoms with Gasteiger partial charge in [0.15, 0.2) is 11.7 Å². The summed E-state index contributed by atoms with van der Waals surface area (Å²) >= 11 is 0. The average molecular weight is 456 g/mol. The lowest BCUT2D eigenvalue weighted by atomic mass is 9.81. The molecule has 0 spiro atoms. The van der Waals surface area contributed by atoms with Gasteiger partial charge < -0.3 is 29.5 Å². The Labute approximate surface area is 187 Å². The largest absolute Gasteiger partial charge is 0.459 e. The maximum atomic E-state index is 13.1. The van der Waals surface area contributed by atoms with Gasteiger partial charge in [-0.1, -0.05) is 33.3 Å². The summed E-state index contributed by atoms with van der Waals surface area (Å²) in [5.74, 6) is -4.26. The summed E-state index contributed by atoms with van der Waals surface area (Å²) in [6.45, 7) is 7.12. The molecule has 3 rings (SSSR count). The SMILES string of the molecule is CCC(C)[C@]1(O)C(=O)O[C@@H]2CCN3CC=C(COC(=O)[C@](O)(CC)[C@@H](C)OC(=O)[C@@H]1O)[C@H]23. The number of cyclic esters (lactones) is 2. The molecule has 10 nitrogen and oxygen atoms in total. The van der Waals surface area contributed by atoms with Crippen molar-refractivity contribution >= 4 is 17.9 Å². The maximum absolute atomic E-state index is 13.1. The molecule has 3 N–H and O–H groups in total. The van der Waals surface area contributed by atoms with E-state index < -0.39 is 53.3 Å². The molecular weight excluding hydrogens is 422 g/mol. The molecule has 0 amide bonds. The minimum Gasteiger partial charge on any atom is -0.459 e. The monoisotopic (exact) mass is 455 g/mol. The minimum atomic E-state index is -2.56. The normalized spacial score (nSPS) is 40.0. The van der Waals surface area contributed by atoms with Crippen molar-refractivity contribution in [3.8, 4) is 0 Å². The van der Waals surface area contributed by atoms with Crippen LogP contribution in [-0.2, 0) is 28.6 Å². The summed E-state index contributed by atoms with van der Waals surface area (Å²) in [5.41, 5.74) is -4.00. The van der Waals surface area contributed by atoms with Gasteiger partial charge in [-0.15, -0.1) is 0 Å². The van der Waals surface area contributed by atoms with Crippen molar-refractivity contribution in [1.82, 2.24) is 4.90 Å². The second kappa shape index (κ2) is 9.09. The van der Waals surface area contributed by atoms with Crippen LogP contribution in [0.5, 0.6) is 0 Å². The Hall–Kier alpha value is -2.01. The van der Waals surface area contributed by atoms with E-state index in [0.29, 0.717) is 19.5 Å². The fourth-order valence-electron chi connectivity index (χ4n) is 4.64. The highest BCUT2D eigenvalue weighted by Gasteiger charge is 2.56. The third kappa shape index (κ3) is 3.93. The molecule has 180 valence electrons. The third-order valence-corrected chi connectivity index (χ3v) is 7.23. The molecular formula is C22H33NO9. The number of aliphatic hydroxyl groups excluding tert-OH is 1. The van der Waals surface area contributed by atoms with Crippen molar-refractivity contribution in [3.63, 3.8) is 0 Å². The van der Waals surface area contributed by atoms with Gasteiger partial charge in [-0.25, -0.2) is 14.4 Å². The minimum absolute atomic E-state index is 0.116. The summed E-state index contributed by atoms with van der Waals surface area (Å²) in [5, 5.41) is 32.9. The topological polar surface area (TPSA) is 143 Å². The number of rotatable bonds is 3. The lowest BCUT2D eigenvalue weighted by Gasteiger charge is -2.38. The zero-order valence-corrected chi connectivity index (χ0v) is 18.9. The number of ether oxygens (including phenoxy) is 3. The molecule has 0 aromatic heterocycles.